The molecule has 3 aromatic rings. The third-order valence-electron chi connectivity index (χ3n) is 3.90. The summed E-state index contributed by atoms with van der Waals surface area (Å²) in [5.74, 6) is 0.200. The standard InChI is InChI=1S/C18H14ClNOS/c19-10-15(21)12-6-5-11-7-8-17-18(13(11)9-12)20-14-3-1-2-4-16(14)22-17/h1-9,15,20-21H,10H2/t15-/m0/s1. The average Bonchev–Trinajstić information content (AvgIpc) is 2.58. The second kappa shape index (κ2) is 5.51. The van der Waals surface area contributed by atoms with Gasteiger partial charge in [-0.2, -0.15) is 0 Å². The summed E-state index contributed by atoms with van der Waals surface area (Å²) in [6, 6.07) is 18.5. The number of halogens is 1. The van der Waals surface area contributed by atoms with Gasteiger partial charge in [-0.1, -0.05) is 42.1 Å². The molecule has 0 aromatic heterocycles. The molecule has 0 bridgehead atoms. The zero-order chi connectivity index (χ0) is 15.1. The Morgan fingerprint density at radius 2 is 1.86 bits per heavy atom. The van der Waals surface area contributed by atoms with Gasteiger partial charge >= 0.3 is 0 Å². The van der Waals surface area contributed by atoms with Crippen molar-refractivity contribution in [1.29, 1.82) is 0 Å². The van der Waals surface area contributed by atoms with E-state index in [-0.39, 0.29) is 5.88 Å². The molecule has 0 amide bonds. The minimum atomic E-state index is -0.634. The fourth-order valence-corrected chi connectivity index (χ4v) is 3.93. The molecule has 1 heterocycles. The molecule has 0 fully saturated rings. The van der Waals surface area contributed by atoms with Crippen molar-refractivity contribution >= 4 is 45.5 Å². The summed E-state index contributed by atoms with van der Waals surface area (Å²) in [7, 11) is 0. The lowest BCUT2D eigenvalue weighted by Gasteiger charge is -2.22. The van der Waals surface area contributed by atoms with E-state index in [0.717, 1.165) is 27.7 Å². The van der Waals surface area contributed by atoms with Gasteiger partial charge < -0.3 is 10.4 Å². The molecule has 1 aliphatic heterocycles. The van der Waals surface area contributed by atoms with Gasteiger partial charge in [0, 0.05) is 15.2 Å². The SMILES string of the molecule is O[C@@H](CCl)c1ccc2ccc3c(c2c1)Nc1ccccc1S3. The summed E-state index contributed by atoms with van der Waals surface area (Å²) in [4.78, 5) is 2.43. The number of para-hydroxylation sites is 1. The first-order valence-corrected chi connectivity index (χ1v) is 8.46. The Morgan fingerprint density at radius 3 is 2.73 bits per heavy atom. The van der Waals surface area contributed by atoms with Crippen molar-refractivity contribution in [1.82, 2.24) is 0 Å². The number of benzene rings is 3. The minimum absolute atomic E-state index is 0.200. The van der Waals surface area contributed by atoms with Crippen LogP contribution < -0.4 is 5.32 Å². The quantitative estimate of drug-likeness (QED) is 0.489. The molecule has 2 nitrogen and oxygen atoms in total. The van der Waals surface area contributed by atoms with Gasteiger partial charge in [0.2, 0.25) is 0 Å². The number of alkyl halides is 1. The molecular formula is C18H14ClNOS. The summed E-state index contributed by atoms with van der Waals surface area (Å²) in [5.41, 5.74) is 3.07. The highest BCUT2D eigenvalue weighted by Gasteiger charge is 2.18. The lowest BCUT2D eigenvalue weighted by Crippen LogP contribution is -2.02. The Balaban J connectivity index is 1.89. The lowest BCUT2D eigenvalue weighted by molar-refractivity contribution is 0.203. The molecule has 1 aliphatic rings. The second-order valence-corrected chi connectivity index (χ2v) is 6.70. The van der Waals surface area contributed by atoms with Gasteiger partial charge in [-0.15, -0.1) is 11.6 Å². The highest BCUT2D eigenvalue weighted by atomic mass is 35.5. The van der Waals surface area contributed by atoms with Crippen LogP contribution in [-0.2, 0) is 0 Å². The number of rotatable bonds is 2. The van der Waals surface area contributed by atoms with E-state index in [1.54, 1.807) is 11.8 Å². The van der Waals surface area contributed by atoms with Gasteiger partial charge in [-0.3, -0.25) is 0 Å². The van der Waals surface area contributed by atoms with Crippen LogP contribution in [0, 0.1) is 0 Å². The van der Waals surface area contributed by atoms with Crippen LogP contribution in [0.4, 0.5) is 11.4 Å². The smallest absolute Gasteiger partial charge is 0.0925 e. The van der Waals surface area contributed by atoms with Crippen molar-refractivity contribution in [2.75, 3.05) is 11.2 Å². The fourth-order valence-electron chi connectivity index (χ4n) is 2.74. The van der Waals surface area contributed by atoms with Gasteiger partial charge in [0.1, 0.15) is 0 Å². The zero-order valence-corrected chi connectivity index (χ0v) is 13.3. The highest BCUT2D eigenvalue weighted by Crippen LogP contribution is 2.47. The molecule has 22 heavy (non-hydrogen) atoms. The van der Waals surface area contributed by atoms with Crippen molar-refractivity contribution in [3.8, 4) is 0 Å². The second-order valence-electron chi connectivity index (χ2n) is 5.31. The van der Waals surface area contributed by atoms with E-state index in [4.69, 9.17) is 11.6 Å². The Kier molecular flexibility index (Phi) is 3.49. The number of aliphatic hydroxyl groups excluding tert-OH is 1. The normalized spacial score (nSPS) is 14.1. The number of hydrogen-bond acceptors (Lipinski definition) is 3. The predicted octanol–water partition coefficient (Wildman–Crippen LogP) is 5.32. The van der Waals surface area contributed by atoms with Crippen molar-refractivity contribution in [2.45, 2.75) is 15.9 Å². The van der Waals surface area contributed by atoms with Crippen molar-refractivity contribution < 1.29 is 5.11 Å². The van der Waals surface area contributed by atoms with Crippen LogP contribution in [0.3, 0.4) is 0 Å². The summed E-state index contributed by atoms with van der Waals surface area (Å²) in [6.45, 7) is 0. The van der Waals surface area contributed by atoms with E-state index in [9.17, 15) is 5.11 Å². The maximum absolute atomic E-state index is 9.99. The van der Waals surface area contributed by atoms with E-state index in [0.29, 0.717) is 0 Å². The van der Waals surface area contributed by atoms with Gasteiger partial charge in [-0.25, -0.2) is 0 Å². The molecule has 3 aromatic carbocycles. The predicted molar refractivity (Wildman–Crippen MR) is 93.5 cm³/mol. The van der Waals surface area contributed by atoms with Crippen LogP contribution in [0.25, 0.3) is 10.8 Å². The molecule has 2 N–H and O–H groups in total. The van der Waals surface area contributed by atoms with E-state index in [2.05, 4.69) is 35.6 Å². The van der Waals surface area contributed by atoms with Crippen molar-refractivity contribution in [3.63, 3.8) is 0 Å². The Labute approximate surface area is 138 Å². The summed E-state index contributed by atoms with van der Waals surface area (Å²) in [5, 5.41) is 15.8. The lowest BCUT2D eigenvalue weighted by atomic mass is 10.0. The first kappa shape index (κ1) is 13.9. The van der Waals surface area contributed by atoms with Crippen LogP contribution in [0.5, 0.6) is 0 Å². The monoisotopic (exact) mass is 327 g/mol. The Morgan fingerprint density at radius 1 is 1.05 bits per heavy atom. The molecule has 0 unspecified atom stereocenters. The van der Waals surface area contributed by atoms with Gasteiger partial charge in [-0.05, 0) is 35.2 Å². The first-order valence-electron chi connectivity index (χ1n) is 7.11. The number of nitrogens with one attached hydrogen (secondary N) is 1. The molecule has 4 rings (SSSR count). The average molecular weight is 328 g/mol. The number of hydrogen-bond donors (Lipinski definition) is 2. The molecule has 110 valence electrons. The van der Waals surface area contributed by atoms with E-state index >= 15 is 0 Å². The number of anilines is 2. The van der Waals surface area contributed by atoms with Gasteiger partial charge in [0.15, 0.2) is 0 Å². The van der Waals surface area contributed by atoms with Crippen molar-refractivity contribution in [3.05, 3.63) is 60.2 Å². The molecule has 0 aliphatic carbocycles. The molecule has 0 saturated heterocycles. The van der Waals surface area contributed by atoms with Crippen LogP contribution in [0.1, 0.15) is 11.7 Å². The van der Waals surface area contributed by atoms with E-state index in [1.165, 1.54) is 9.79 Å². The third-order valence-corrected chi connectivity index (χ3v) is 5.33. The maximum Gasteiger partial charge on any atom is 0.0925 e. The molecule has 0 saturated carbocycles. The maximum atomic E-state index is 9.99. The zero-order valence-electron chi connectivity index (χ0n) is 11.7. The largest absolute Gasteiger partial charge is 0.387 e. The van der Waals surface area contributed by atoms with Crippen LogP contribution in [-0.4, -0.2) is 11.0 Å². The topological polar surface area (TPSA) is 32.3 Å². The molecule has 1 atom stereocenters. The summed E-state index contributed by atoms with van der Waals surface area (Å²) in [6.07, 6.45) is -0.634. The van der Waals surface area contributed by atoms with E-state index < -0.39 is 6.10 Å². The third kappa shape index (κ3) is 2.26. The minimum Gasteiger partial charge on any atom is -0.387 e. The van der Waals surface area contributed by atoms with Crippen LogP contribution in [0.15, 0.2) is 64.4 Å². The van der Waals surface area contributed by atoms with Gasteiger partial charge in [0.25, 0.3) is 0 Å². The first-order chi connectivity index (χ1) is 10.8. The summed E-state index contributed by atoms with van der Waals surface area (Å²) >= 11 is 7.54. The Hall–Kier alpha value is -1.68. The highest BCUT2D eigenvalue weighted by molar-refractivity contribution is 7.99. The number of aliphatic hydroxyl groups is 1. The molecule has 4 heteroatoms. The number of fused-ring (bicyclic) bond motifs is 4. The Bertz CT molecular complexity index is 865. The molecule has 0 spiro atoms. The van der Waals surface area contributed by atoms with Crippen molar-refractivity contribution in [2.24, 2.45) is 0 Å². The molecular weight excluding hydrogens is 314 g/mol. The van der Waals surface area contributed by atoms with Gasteiger partial charge in [0.05, 0.1) is 23.4 Å². The van der Waals surface area contributed by atoms with E-state index in [1.807, 2.05) is 24.3 Å². The van der Waals surface area contributed by atoms with Crippen LogP contribution >= 0.6 is 23.4 Å². The molecule has 0 radical (unpaired) electrons. The fraction of sp³-hybridized carbons (Fsp3) is 0.111. The summed E-state index contributed by atoms with van der Waals surface area (Å²) < 4.78 is 0. The van der Waals surface area contributed by atoms with Crippen LogP contribution in [0.2, 0.25) is 0 Å².